The number of hydrogen-bond acceptors (Lipinski definition) is 13. The Balaban J connectivity index is 0.000000216. The molecule has 0 amide bonds. The molecule has 7 rings (SSSR count). The molecular weight excluding hydrogens is 833 g/mol. The second kappa shape index (κ2) is 18.5. The Morgan fingerprint density at radius 1 is 0.778 bits per heavy atom. The fourth-order valence-corrected chi connectivity index (χ4v) is 6.44. The van der Waals surface area contributed by atoms with Gasteiger partial charge in [0.05, 0.1) is 41.5 Å². The van der Waals surface area contributed by atoms with Gasteiger partial charge in [-0.1, -0.05) is 54.6 Å². The number of ether oxygens (including phenoxy) is 3. The summed E-state index contributed by atoms with van der Waals surface area (Å²) in [6.45, 7) is 2.52. The number of fused-ring (bicyclic) bond motifs is 1. The second-order valence-electron chi connectivity index (χ2n) is 13.8. The van der Waals surface area contributed by atoms with E-state index in [0.29, 0.717) is 36.2 Å². The number of carbonyl (C=O) groups excluding carboxylic acids is 2. The number of carbonyl (C=O) groups is 4. The number of benzene rings is 3. The lowest BCUT2D eigenvalue weighted by Crippen LogP contribution is -2.67. The Morgan fingerprint density at radius 2 is 1.35 bits per heavy atom. The van der Waals surface area contributed by atoms with Crippen LogP contribution in [0, 0.1) is 6.92 Å². The number of aromatic nitrogens is 6. The topological polar surface area (TPSA) is 238 Å². The number of aryl methyl sites for hydroxylation is 2. The Labute approximate surface area is 355 Å². The van der Waals surface area contributed by atoms with Gasteiger partial charge in [-0.05, 0) is 79.9 Å². The van der Waals surface area contributed by atoms with Crippen LogP contribution in [-0.2, 0) is 31.8 Å². The molecule has 0 saturated carbocycles. The molecule has 17 nitrogen and oxygen atoms in total. The minimum Gasteiger partial charge on any atom is -0.479 e. The van der Waals surface area contributed by atoms with Crippen LogP contribution in [0.1, 0.15) is 73.6 Å². The van der Waals surface area contributed by atoms with Gasteiger partial charge in [-0.15, -0.1) is 0 Å². The van der Waals surface area contributed by atoms with Gasteiger partial charge in [-0.25, -0.2) is 38.8 Å². The number of hydrogen-bond donors (Lipinski definition) is 4. The number of alkyl halides is 3. The first kappa shape index (κ1) is 44.8. The van der Waals surface area contributed by atoms with E-state index in [1.54, 1.807) is 36.3 Å². The van der Waals surface area contributed by atoms with Crippen LogP contribution in [0.5, 0.6) is 5.88 Å². The highest BCUT2D eigenvalue weighted by Crippen LogP contribution is 2.40. The van der Waals surface area contributed by atoms with Crippen molar-refractivity contribution in [2.45, 2.75) is 50.0 Å². The lowest BCUT2D eigenvalue weighted by atomic mass is 9.88. The highest BCUT2D eigenvalue weighted by Gasteiger charge is 2.69. The van der Waals surface area contributed by atoms with Gasteiger partial charge in [0.1, 0.15) is 11.5 Å². The SMILES string of the molecule is COc1nc(/C=C/c2nc3n(n2)CCC[C@H]3c2ccccc2C(F)(F)F)ccc1-n1cnc(C)c1.O=C(O[C@](O)(C(=O)O)[C@](O)(OC(=O)c1ccccc1)C(=O)O)c1ccccc1. The van der Waals surface area contributed by atoms with Gasteiger partial charge in [-0.3, -0.25) is 0 Å². The number of nitrogens with zero attached hydrogens (tertiary/aromatic N) is 6. The Hall–Kier alpha value is -7.71. The van der Waals surface area contributed by atoms with Crippen LogP contribution in [0.15, 0.2) is 110 Å². The summed E-state index contributed by atoms with van der Waals surface area (Å²) in [7, 11) is 1.55. The number of pyridine rings is 1. The van der Waals surface area contributed by atoms with Crippen LogP contribution in [0.4, 0.5) is 13.2 Å². The summed E-state index contributed by atoms with van der Waals surface area (Å²) in [5, 5.41) is 43.5. The predicted molar refractivity (Wildman–Crippen MR) is 213 cm³/mol. The maximum absolute atomic E-state index is 13.6. The van der Waals surface area contributed by atoms with Crippen LogP contribution >= 0.6 is 0 Å². The van der Waals surface area contributed by atoms with Crippen molar-refractivity contribution < 1.29 is 67.0 Å². The molecule has 0 spiro atoms. The van der Waals surface area contributed by atoms with Crippen LogP contribution in [0.3, 0.4) is 0 Å². The van der Waals surface area contributed by atoms with Gasteiger partial charge in [0.25, 0.3) is 0 Å². The van der Waals surface area contributed by atoms with Crippen molar-refractivity contribution in [1.29, 1.82) is 0 Å². The van der Waals surface area contributed by atoms with Crippen molar-refractivity contribution in [3.05, 3.63) is 155 Å². The molecule has 0 aliphatic carbocycles. The molecule has 4 N–H and O–H groups in total. The van der Waals surface area contributed by atoms with Crippen LogP contribution < -0.4 is 4.74 Å². The summed E-state index contributed by atoms with van der Waals surface area (Å²) in [4.78, 5) is 60.6. The smallest absolute Gasteiger partial charge is 0.416 e. The van der Waals surface area contributed by atoms with E-state index in [0.717, 1.165) is 23.9 Å². The quantitative estimate of drug-likeness (QED) is 0.0873. The normalized spacial score (nSPS) is 15.4. The maximum Gasteiger partial charge on any atom is 0.416 e. The van der Waals surface area contributed by atoms with E-state index in [1.807, 2.05) is 29.8 Å². The van der Waals surface area contributed by atoms with E-state index in [4.69, 9.17) is 4.74 Å². The number of aliphatic carboxylic acids is 2. The van der Waals surface area contributed by atoms with Crippen molar-refractivity contribution in [3.8, 4) is 11.6 Å². The van der Waals surface area contributed by atoms with Gasteiger partial charge in [0, 0.05) is 18.7 Å². The number of imidazole rings is 1. The minimum atomic E-state index is -4.42. The molecule has 0 saturated heterocycles. The first-order chi connectivity index (χ1) is 29.9. The third kappa shape index (κ3) is 9.77. The number of carboxylic acid groups (broad SMARTS) is 2. The Bertz CT molecular complexity index is 2580. The molecule has 3 aromatic carbocycles. The average Bonchev–Trinajstić information content (AvgIpc) is 3.91. The number of carboxylic acids is 2. The molecule has 1 aliphatic heterocycles. The molecule has 0 unspecified atom stereocenters. The van der Waals surface area contributed by atoms with Gasteiger partial charge in [0.15, 0.2) is 5.82 Å². The molecule has 20 heteroatoms. The maximum atomic E-state index is 13.6. The zero-order valence-electron chi connectivity index (χ0n) is 33.2. The number of esters is 2. The molecule has 4 heterocycles. The van der Waals surface area contributed by atoms with Crippen molar-refractivity contribution in [1.82, 2.24) is 29.3 Å². The molecule has 0 radical (unpaired) electrons. The first-order valence-corrected chi connectivity index (χ1v) is 18.8. The summed E-state index contributed by atoms with van der Waals surface area (Å²) in [5.74, 6) is -15.3. The van der Waals surface area contributed by atoms with E-state index in [-0.39, 0.29) is 16.7 Å². The number of rotatable bonds is 12. The van der Waals surface area contributed by atoms with E-state index in [9.17, 15) is 52.8 Å². The lowest BCUT2D eigenvalue weighted by Gasteiger charge is -2.34. The van der Waals surface area contributed by atoms with Gasteiger partial charge < -0.3 is 39.2 Å². The summed E-state index contributed by atoms with van der Waals surface area (Å²) in [5.41, 5.74) is 1.36. The second-order valence-corrected chi connectivity index (χ2v) is 13.8. The van der Waals surface area contributed by atoms with E-state index >= 15 is 0 Å². The van der Waals surface area contributed by atoms with Crippen LogP contribution in [0.25, 0.3) is 17.8 Å². The number of aliphatic hydroxyl groups is 2. The van der Waals surface area contributed by atoms with E-state index in [2.05, 4.69) is 29.5 Å². The highest BCUT2D eigenvalue weighted by molar-refractivity contribution is 5.97. The van der Waals surface area contributed by atoms with Crippen molar-refractivity contribution in [2.75, 3.05) is 7.11 Å². The molecule has 0 bridgehead atoms. The highest BCUT2D eigenvalue weighted by atomic mass is 19.4. The Kier molecular flexibility index (Phi) is 13.2. The van der Waals surface area contributed by atoms with E-state index < -0.39 is 53.1 Å². The summed E-state index contributed by atoms with van der Waals surface area (Å²) < 4.78 is 58.6. The largest absolute Gasteiger partial charge is 0.479 e. The van der Waals surface area contributed by atoms with Crippen molar-refractivity contribution in [3.63, 3.8) is 0 Å². The monoisotopic (exact) mass is 870 g/mol. The zero-order valence-corrected chi connectivity index (χ0v) is 33.2. The molecule has 326 valence electrons. The fraction of sp³-hybridized carbons (Fsp3) is 0.209. The first-order valence-electron chi connectivity index (χ1n) is 18.8. The third-order valence-electron chi connectivity index (χ3n) is 9.52. The number of methoxy groups -OCH3 is 1. The summed E-state index contributed by atoms with van der Waals surface area (Å²) in [6.07, 6.45) is 3.92. The fourth-order valence-electron chi connectivity index (χ4n) is 6.44. The zero-order chi connectivity index (χ0) is 45.5. The molecule has 63 heavy (non-hydrogen) atoms. The molecule has 3 aromatic heterocycles. The predicted octanol–water partition coefficient (Wildman–Crippen LogP) is 5.54. The summed E-state index contributed by atoms with van der Waals surface area (Å²) in [6, 6.07) is 22.7. The minimum absolute atomic E-state index is 0.237. The lowest BCUT2D eigenvalue weighted by molar-refractivity contribution is -0.328. The molecule has 1 aliphatic rings. The van der Waals surface area contributed by atoms with E-state index in [1.165, 1.54) is 72.8 Å². The summed E-state index contributed by atoms with van der Waals surface area (Å²) >= 11 is 0. The van der Waals surface area contributed by atoms with Crippen molar-refractivity contribution in [2.24, 2.45) is 0 Å². The molecular formula is C43H37F3N6O11. The van der Waals surface area contributed by atoms with Gasteiger partial charge in [0.2, 0.25) is 5.88 Å². The standard InChI is InChI=1S/C25H23F3N6O.C18H14O10/c1-16-14-33(15-29-16)21-11-9-17(30-24(21)35-2)10-12-22-31-23-19(7-5-13-34(23)32-22)18-6-3-4-8-20(18)25(26,27)28;19-13(11-7-3-1-4-8-11)27-17(25,15(21)22)18(26,16(23)24)28-14(20)12-9-5-2-6-10-12/h3-4,6,8-12,14-15,19H,5,7,13H2,1-2H3;1-10,25-26H,(H,21,22)(H,23,24)/b12-10+;/t19-;17-,18-/m01/s1. The molecule has 6 aromatic rings. The van der Waals surface area contributed by atoms with Crippen molar-refractivity contribution >= 4 is 36.0 Å². The molecule has 0 fully saturated rings. The molecule has 3 atom stereocenters. The average molecular weight is 871 g/mol. The number of halogens is 3. The van der Waals surface area contributed by atoms with Crippen LogP contribution in [0.2, 0.25) is 0 Å². The van der Waals surface area contributed by atoms with Gasteiger partial charge >= 0.3 is 41.6 Å². The third-order valence-corrected chi connectivity index (χ3v) is 9.52. The Morgan fingerprint density at radius 3 is 1.87 bits per heavy atom. The van der Waals surface area contributed by atoms with Crippen LogP contribution in [-0.4, -0.2) is 92.3 Å². The van der Waals surface area contributed by atoms with Gasteiger partial charge in [-0.2, -0.15) is 18.3 Å².